The SMILES string of the molecule is Cc1ccc(NC(=O)c2nnc(CN3CCC(CO)CC3)s2)cc1. The fraction of sp³-hybridized carbons (Fsp3) is 0.471. The summed E-state index contributed by atoms with van der Waals surface area (Å²) in [6.45, 7) is 4.90. The van der Waals surface area contributed by atoms with Gasteiger partial charge < -0.3 is 10.4 Å². The van der Waals surface area contributed by atoms with Gasteiger partial charge in [0.2, 0.25) is 5.01 Å². The molecule has 0 bridgehead atoms. The number of aryl methyl sites for hydroxylation is 1. The molecule has 0 saturated carbocycles. The Morgan fingerprint density at radius 2 is 2.00 bits per heavy atom. The smallest absolute Gasteiger partial charge is 0.286 e. The van der Waals surface area contributed by atoms with Crippen LogP contribution in [0.4, 0.5) is 5.69 Å². The van der Waals surface area contributed by atoms with E-state index >= 15 is 0 Å². The normalized spacial score (nSPS) is 16.2. The Labute approximate surface area is 145 Å². The van der Waals surface area contributed by atoms with E-state index in [1.807, 2.05) is 31.2 Å². The van der Waals surface area contributed by atoms with Crippen molar-refractivity contribution in [3.05, 3.63) is 39.8 Å². The number of aliphatic hydroxyl groups is 1. The summed E-state index contributed by atoms with van der Waals surface area (Å²) in [5.41, 5.74) is 1.91. The molecular formula is C17H22N4O2S. The van der Waals surface area contributed by atoms with Crippen LogP contribution in [-0.2, 0) is 6.54 Å². The summed E-state index contributed by atoms with van der Waals surface area (Å²) in [6, 6.07) is 7.66. The minimum Gasteiger partial charge on any atom is -0.396 e. The van der Waals surface area contributed by atoms with Gasteiger partial charge in [-0.15, -0.1) is 10.2 Å². The molecule has 1 amide bonds. The maximum absolute atomic E-state index is 12.2. The third-order valence-corrected chi connectivity index (χ3v) is 5.20. The first kappa shape index (κ1) is 17.0. The molecule has 128 valence electrons. The Kier molecular flexibility index (Phi) is 5.55. The van der Waals surface area contributed by atoms with Crippen molar-refractivity contribution in [3.8, 4) is 0 Å². The zero-order chi connectivity index (χ0) is 16.9. The summed E-state index contributed by atoms with van der Waals surface area (Å²) in [4.78, 5) is 14.5. The number of nitrogens with zero attached hydrogens (tertiary/aromatic N) is 3. The molecule has 2 heterocycles. The van der Waals surface area contributed by atoms with E-state index in [0.717, 1.165) is 42.2 Å². The van der Waals surface area contributed by atoms with E-state index in [9.17, 15) is 9.90 Å². The lowest BCUT2D eigenvalue weighted by atomic mass is 9.98. The summed E-state index contributed by atoms with van der Waals surface area (Å²) in [7, 11) is 0. The van der Waals surface area contributed by atoms with Gasteiger partial charge in [0.15, 0.2) is 0 Å². The van der Waals surface area contributed by atoms with Gasteiger partial charge >= 0.3 is 0 Å². The van der Waals surface area contributed by atoms with E-state index in [1.54, 1.807) is 0 Å². The van der Waals surface area contributed by atoms with Crippen LogP contribution in [0.1, 0.15) is 33.2 Å². The fourth-order valence-corrected chi connectivity index (χ4v) is 3.53. The van der Waals surface area contributed by atoms with Crippen molar-refractivity contribution in [3.63, 3.8) is 0 Å². The third-order valence-electron chi connectivity index (χ3n) is 4.29. The molecule has 2 aromatic rings. The van der Waals surface area contributed by atoms with Gasteiger partial charge in [0.25, 0.3) is 5.91 Å². The Hall–Kier alpha value is -1.83. The van der Waals surface area contributed by atoms with E-state index in [-0.39, 0.29) is 12.5 Å². The third kappa shape index (κ3) is 4.37. The second-order valence-corrected chi connectivity index (χ2v) is 7.29. The minimum absolute atomic E-state index is 0.221. The number of aromatic nitrogens is 2. The van der Waals surface area contributed by atoms with Gasteiger partial charge in [-0.25, -0.2) is 0 Å². The van der Waals surface area contributed by atoms with E-state index in [0.29, 0.717) is 17.5 Å². The molecule has 24 heavy (non-hydrogen) atoms. The van der Waals surface area contributed by atoms with Gasteiger partial charge in [-0.2, -0.15) is 0 Å². The molecule has 1 aromatic carbocycles. The maximum Gasteiger partial charge on any atom is 0.286 e. The molecule has 0 atom stereocenters. The van der Waals surface area contributed by atoms with Gasteiger partial charge in [0.05, 0.1) is 6.54 Å². The Balaban J connectivity index is 1.55. The van der Waals surface area contributed by atoms with Crippen LogP contribution in [0.5, 0.6) is 0 Å². The topological polar surface area (TPSA) is 78.4 Å². The largest absolute Gasteiger partial charge is 0.396 e. The quantitative estimate of drug-likeness (QED) is 0.868. The second kappa shape index (κ2) is 7.83. The van der Waals surface area contributed by atoms with E-state index in [2.05, 4.69) is 20.4 Å². The molecule has 1 fully saturated rings. The van der Waals surface area contributed by atoms with Gasteiger partial charge in [-0.05, 0) is 50.9 Å². The first-order valence-corrected chi connectivity index (χ1v) is 8.99. The lowest BCUT2D eigenvalue weighted by molar-refractivity contribution is 0.102. The minimum atomic E-state index is -0.221. The summed E-state index contributed by atoms with van der Waals surface area (Å²) < 4.78 is 0. The van der Waals surface area contributed by atoms with Crippen LogP contribution in [0.3, 0.4) is 0 Å². The Morgan fingerprint density at radius 3 is 2.67 bits per heavy atom. The molecule has 7 heteroatoms. The highest BCUT2D eigenvalue weighted by Gasteiger charge is 2.20. The number of anilines is 1. The van der Waals surface area contributed by atoms with Crippen LogP contribution < -0.4 is 5.32 Å². The number of amides is 1. The average molecular weight is 346 g/mol. The summed E-state index contributed by atoms with van der Waals surface area (Å²) >= 11 is 1.34. The number of nitrogens with one attached hydrogen (secondary N) is 1. The zero-order valence-corrected chi connectivity index (χ0v) is 14.6. The summed E-state index contributed by atoms with van der Waals surface area (Å²) in [5.74, 6) is 0.202. The van der Waals surface area contributed by atoms with Crippen molar-refractivity contribution >= 4 is 22.9 Å². The molecule has 3 rings (SSSR count). The second-order valence-electron chi connectivity index (χ2n) is 6.22. The van der Waals surface area contributed by atoms with Gasteiger partial charge in [-0.3, -0.25) is 9.69 Å². The predicted octanol–water partition coefficient (Wildman–Crippen LogP) is 2.30. The van der Waals surface area contributed by atoms with Crippen molar-refractivity contribution in [2.24, 2.45) is 5.92 Å². The molecule has 1 aromatic heterocycles. The van der Waals surface area contributed by atoms with Crippen LogP contribution in [0, 0.1) is 12.8 Å². The zero-order valence-electron chi connectivity index (χ0n) is 13.7. The highest BCUT2D eigenvalue weighted by molar-refractivity contribution is 7.13. The lowest BCUT2D eigenvalue weighted by Crippen LogP contribution is -2.34. The van der Waals surface area contributed by atoms with Crippen molar-refractivity contribution in [2.45, 2.75) is 26.3 Å². The van der Waals surface area contributed by atoms with Crippen molar-refractivity contribution in [2.75, 3.05) is 25.0 Å². The number of carbonyl (C=O) groups is 1. The molecule has 1 aliphatic rings. The maximum atomic E-state index is 12.2. The van der Waals surface area contributed by atoms with Gasteiger partial charge in [-0.1, -0.05) is 29.0 Å². The number of benzene rings is 1. The number of hydrogen-bond donors (Lipinski definition) is 2. The van der Waals surface area contributed by atoms with Crippen molar-refractivity contribution < 1.29 is 9.90 Å². The highest BCUT2D eigenvalue weighted by Crippen LogP contribution is 2.20. The Bertz CT molecular complexity index is 678. The molecule has 0 radical (unpaired) electrons. The molecule has 0 aliphatic carbocycles. The monoisotopic (exact) mass is 346 g/mol. The molecule has 6 nitrogen and oxygen atoms in total. The number of aliphatic hydroxyl groups excluding tert-OH is 1. The molecule has 0 spiro atoms. The van der Waals surface area contributed by atoms with E-state index < -0.39 is 0 Å². The predicted molar refractivity (Wildman–Crippen MR) is 94.1 cm³/mol. The number of rotatable bonds is 5. The van der Waals surface area contributed by atoms with Crippen molar-refractivity contribution in [1.82, 2.24) is 15.1 Å². The fourth-order valence-electron chi connectivity index (χ4n) is 2.75. The lowest BCUT2D eigenvalue weighted by Gasteiger charge is -2.30. The highest BCUT2D eigenvalue weighted by atomic mass is 32.1. The van der Waals surface area contributed by atoms with E-state index in [1.165, 1.54) is 11.3 Å². The summed E-state index contributed by atoms with van der Waals surface area (Å²) in [5, 5.41) is 21.4. The van der Waals surface area contributed by atoms with Gasteiger partial charge in [0, 0.05) is 12.3 Å². The van der Waals surface area contributed by atoms with Crippen LogP contribution in [-0.4, -0.2) is 45.8 Å². The van der Waals surface area contributed by atoms with Gasteiger partial charge in [0.1, 0.15) is 5.01 Å². The number of carbonyl (C=O) groups excluding carboxylic acids is 1. The molecule has 0 unspecified atom stereocenters. The first-order chi connectivity index (χ1) is 11.6. The Morgan fingerprint density at radius 1 is 1.29 bits per heavy atom. The standard InChI is InChI=1S/C17H22N4O2S/c1-12-2-4-14(5-3-12)18-16(23)17-20-19-15(24-17)10-21-8-6-13(11-22)7-9-21/h2-5,13,22H,6-11H2,1H3,(H,18,23). The van der Waals surface area contributed by atoms with Crippen LogP contribution in [0.15, 0.2) is 24.3 Å². The molecular weight excluding hydrogens is 324 g/mol. The van der Waals surface area contributed by atoms with Crippen LogP contribution in [0.2, 0.25) is 0 Å². The average Bonchev–Trinajstić information content (AvgIpc) is 3.06. The molecule has 2 N–H and O–H groups in total. The van der Waals surface area contributed by atoms with E-state index in [4.69, 9.17) is 0 Å². The number of hydrogen-bond acceptors (Lipinski definition) is 6. The molecule has 1 saturated heterocycles. The van der Waals surface area contributed by atoms with Crippen LogP contribution >= 0.6 is 11.3 Å². The molecule has 1 aliphatic heterocycles. The number of likely N-dealkylation sites (tertiary alicyclic amines) is 1. The summed E-state index contributed by atoms with van der Waals surface area (Å²) in [6.07, 6.45) is 2.02. The van der Waals surface area contributed by atoms with Crippen molar-refractivity contribution in [1.29, 1.82) is 0 Å². The number of piperidine rings is 1. The van der Waals surface area contributed by atoms with Crippen LogP contribution in [0.25, 0.3) is 0 Å². The first-order valence-electron chi connectivity index (χ1n) is 8.17.